The Kier molecular flexibility index (Phi) is 4.79. The zero-order valence-corrected chi connectivity index (χ0v) is 15.7. The number of piperazine rings is 1. The fraction of sp³-hybridized carbons (Fsp3) is 0.300. The maximum Gasteiger partial charge on any atom is 0.292 e. The molecule has 2 aromatic carbocycles. The zero-order chi connectivity index (χ0) is 19.7. The summed E-state index contributed by atoms with van der Waals surface area (Å²) in [6.07, 6.45) is 0. The minimum atomic E-state index is -0.305. The van der Waals surface area contributed by atoms with E-state index in [0.29, 0.717) is 18.2 Å². The van der Waals surface area contributed by atoms with E-state index >= 15 is 0 Å². The maximum absolute atomic E-state index is 11.4. The Morgan fingerprint density at radius 2 is 1.82 bits per heavy atom. The molecule has 144 valence electrons. The summed E-state index contributed by atoms with van der Waals surface area (Å²) in [7, 11) is 0. The third kappa shape index (κ3) is 3.46. The highest BCUT2D eigenvalue weighted by Crippen LogP contribution is 2.32. The lowest BCUT2D eigenvalue weighted by Crippen LogP contribution is -2.46. The Bertz CT molecular complexity index is 1030. The minimum Gasteiger partial charge on any atom is -0.383 e. The maximum atomic E-state index is 11.4. The van der Waals surface area contributed by atoms with E-state index in [1.807, 2.05) is 37.3 Å². The number of hydrogen-bond acceptors (Lipinski definition) is 7. The van der Waals surface area contributed by atoms with Crippen molar-refractivity contribution in [3.05, 3.63) is 64.0 Å². The molecule has 0 radical (unpaired) electrons. The van der Waals surface area contributed by atoms with Gasteiger partial charge in [-0.25, -0.2) is 9.97 Å². The average molecular weight is 378 g/mol. The van der Waals surface area contributed by atoms with Crippen LogP contribution in [-0.2, 0) is 6.54 Å². The molecule has 3 aromatic rings. The Hall–Kier alpha value is -3.26. The minimum absolute atomic E-state index is 0.166. The second kappa shape index (κ2) is 7.40. The third-order valence-corrected chi connectivity index (χ3v) is 5.15. The molecule has 0 aliphatic carbocycles. The summed E-state index contributed by atoms with van der Waals surface area (Å²) in [6.45, 7) is 5.52. The summed E-state index contributed by atoms with van der Waals surface area (Å²) in [5.41, 5.74) is 8.74. The number of anilines is 2. The standard InChI is InChI=1S/C20H22N6O2/c1-14-5-4-8-17(26(27)28)19(14)25-11-9-24(10-12-25)13-18-22-16-7-3-2-6-15(16)20(21)23-18/h2-8H,9-13H2,1H3,(H2,21,22,23). The van der Waals surface area contributed by atoms with Gasteiger partial charge in [-0.2, -0.15) is 0 Å². The molecule has 0 saturated carbocycles. The van der Waals surface area contributed by atoms with Crippen molar-refractivity contribution >= 4 is 28.1 Å². The fourth-order valence-corrected chi connectivity index (χ4v) is 3.75. The monoisotopic (exact) mass is 378 g/mol. The summed E-state index contributed by atoms with van der Waals surface area (Å²) in [5, 5.41) is 12.3. The van der Waals surface area contributed by atoms with Crippen molar-refractivity contribution in [3.63, 3.8) is 0 Å². The van der Waals surface area contributed by atoms with Crippen LogP contribution in [0.3, 0.4) is 0 Å². The Morgan fingerprint density at radius 3 is 2.57 bits per heavy atom. The highest BCUT2D eigenvalue weighted by molar-refractivity contribution is 5.87. The molecular formula is C20H22N6O2. The van der Waals surface area contributed by atoms with Gasteiger partial charge in [0.05, 0.1) is 17.0 Å². The summed E-state index contributed by atoms with van der Waals surface area (Å²) in [6, 6.07) is 12.9. The van der Waals surface area contributed by atoms with Gasteiger partial charge >= 0.3 is 0 Å². The number of nitrogens with zero attached hydrogens (tertiary/aromatic N) is 5. The van der Waals surface area contributed by atoms with Gasteiger partial charge in [0.1, 0.15) is 17.3 Å². The molecule has 8 nitrogen and oxygen atoms in total. The summed E-state index contributed by atoms with van der Waals surface area (Å²) in [4.78, 5) is 24.5. The van der Waals surface area contributed by atoms with Crippen LogP contribution in [0.1, 0.15) is 11.4 Å². The van der Waals surface area contributed by atoms with Gasteiger partial charge in [0, 0.05) is 37.6 Å². The zero-order valence-electron chi connectivity index (χ0n) is 15.7. The van der Waals surface area contributed by atoms with E-state index in [1.54, 1.807) is 12.1 Å². The van der Waals surface area contributed by atoms with E-state index in [4.69, 9.17) is 5.73 Å². The molecule has 2 N–H and O–H groups in total. The molecule has 4 rings (SSSR count). The molecule has 0 bridgehead atoms. The predicted octanol–water partition coefficient (Wildman–Crippen LogP) is 2.75. The lowest BCUT2D eigenvalue weighted by Gasteiger charge is -2.36. The van der Waals surface area contributed by atoms with Gasteiger partial charge in [-0.1, -0.05) is 24.3 Å². The normalized spacial score (nSPS) is 15.1. The SMILES string of the molecule is Cc1cccc([N+](=O)[O-])c1N1CCN(Cc2nc(N)c3ccccc3n2)CC1. The topological polar surface area (TPSA) is 101 Å². The van der Waals surface area contributed by atoms with Crippen LogP contribution in [0.15, 0.2) is 42.5 Å². The van der Waals surface area contributed by atoms with Crippen LogP contribution in [0.2, 0.25) is 0 Å². The number of fused-ring (bicyclic) bond motifs is 1. The second-order valence-corrected chi connectivity index (χ2v) is 7.01. The molecule has 1 aliphatic rings. The average Bonchev–Trinajstić information content (AvgIpc) is 2.68. The Labute approximate surface area is 162 Å². The van der Waals surface area contributed by atoms with Gasteiger partial charge in [-0.15, -0.1) is 0 Å². The first kappa shape index (κ1) is 18.1. The summed E-state index contributed by atoms with van der Waals surface area (Å²) < 4.78 is 0. The highest BCUT2D eigenvalue weighted by Gasteiger charge is 2.25. The van der Waals surface area contributed by atoms with Crippen LogP contribution in [0.5, 0.6) is 0 Å². The highest BCUT2D eigenvalue weighted by atomic mass is 16.6. The van der Waals surface area contributed by atoms with E-state index in [2.05, 4.69) is 19.8 Å². The number of nitrogens with two attached hydrogens (primary N) is 1. The van der Waals surface area contributed by atoms with Gasteiger partial charge in [-0.05, 0) is 24.6 Å². The third-order valence-electron chi connectivity index (χ3n) is 5.15. The molecule has 1 aromatic heterocycles. The molecule has 0 spiro atoms. The van der Waals surface area contributed by atoms with Gasteiger partial charge < -0.3 is 10.6 Å². The molecule has 8 heteroatoms. The molecule has 1 saturated heterocycles. The van der Waals surface area contributed by atoms with E-state index in [-0.39, 0.29) is 10.6 Å². The van der Waals surface area contributed by atoms with Crippen molar-refractivity contribution in [2.24, 2.45) is 0 Å². The van der Waals surface area contributed by atoms with Gasteiger partial charge in [0.25, 0.3) is 5.69 Å². The van der Waals surface area contributed by atoms with Crippen LogP contribution in [0.4, 0.5) is 17.2 Å². The number of hydrogen-bond donors (Lipinski definition) is 1. The lowest BCUT2D eigenvalue weighted by molar-refractivity contribution is -0.384. The lowest BCUT2D eigenvalue weighted by atomic mass is 10.1. The van der Waals surface area contributed by atoms with Crippen LogP contribution in [-0.4, -0.2) is 46.0 Å². The summed E-state index contributed by atoms with van der Waals surface area (Å²) >= 11 is 0. The van der Waals surface area contributed by atoms with Crippen molar-refractivity contribution in [3.8, 4) is 0 Å². The quantitative estimate of drug-likeness (QED) is 0.550. The number of nitrogen functional groups attached to an aromatic ring is 1. The van der Waals surface area contributed by atoms with Crippen LogP contribution >= 0.6 is 0 Å². The first-order valence-corrected chi connectivity index (χ1v) is 9.25. The van der Waals surface area contributed by atoms with Crippen molar-refractivity contribution in [2.45, 2.75) is 13.5 Å². The second-order valence-electron chi connectivity index (χ2n) is 7.01. The molecule has 1 fully saturated rings. The van der Waals surface area contributed by atoms with Crippen molar-refractivity contribution < 1.29 is 4.92 Å². The number of aryl methyl sites for hydroxylation is 1. The number of aromatic nitrogens is 2. The van der Waals surface area contributed by atoms with Crippen molar-refractivity contribution in [1.82, 2.24) is 14.9 Å². The van der Waals surface area contributed by atoms with Gasteiger partial charge in [0.2, 0.25) is 0 Å². The molecule has 0 unspecified atom stereocenters. The van der Waals surface area contributed by atoms with Gasteiger partial charge in [-0.3, -0.25) is 15.0 Å². The molecule has 0 amide bonds. The molecule has 0 atom stereocenters. The van der Waals surface area contributed by atoms with E-state index < -0.39 is 0 Å². The molecule has 28 heavy (non-hydrogen) atoms. The Morgan fingerprint density at radius 1 is 1.07 bits per heavy atom. The number of nitro benzene ring substituents is 1. The predicted molar refractivity (Wildman–Crippen MR) is 109 cm³/mol. The van der Waals surface area contributed by atoms with E-state index in [9.17, 15) is 10.1 Å². The number of nitro groups is 1. The smallest absolute Gasteiger partial charge is 0.292 e. The Balaban J connectivity index is 1.48. The number of benzene rings is 2. The number of rotatable bonds is 4. The molecule has 2 heterocycles. The van der Waals surface area contributed by atoms with Crippen LogP contribution in [0.25, 0.3) is 10.9 Å². The first-order chi connectivity index (χ1) is 13.5. The van der Waals surface area contributed by atoms with E-state index in [1.165, 1.54) is 0 Å². The fourth-order valence-electron chi connectivity index (χ4n) is 3.75. The van der Waals surface area contributed by atoms with Crippen LogP contribution in [0, 0.1) is 17.0 Å². The van der Waals surface area contributed by atoms with Gasteiger partial charge in [0.15, 0.2) is 0 Å². The summed E-state index contributed by atoms with van der Waals surface area (Å²) in [5.74, 6) is 1.20. The largest absolute Gasteiger partial charge is 0.383 e. The van der Waals surface area contributed by atoms with Crippen LogP contribution < -0.4 is 10.6 Å². The number of para-hydroxylation sites is 2. The molecule has 1 aliphatic heterocycles. The van der Waals surface area contributed by atoms with Crippen molar-refractivity contribution in [1.29, 1.82) is 0 Å². The first-order valence-electron chi connectivity index (χ1n) is 9.25. The molecular weight excluding hydrogens is 356 g/mol. The van der Waals surface area contributed by atoms with Crippen molar-refractivity contribution in [2.75, 3.05) is 36.8 Å². The van der Waals surface area contributed by atoms with E-state index in [0.717, 1.165) is 48.3 Å².